The molecule has 0 atom stereocenters. The summed E-state index contributed by atoms with van der Waals surface area (Å²) in [6, 6.07) is 0. The maximum atomic E-state index is 11.4. The summed E-state index contributed by atoms with van der Waals surface area (Å²) in [7, 11) is 0. The highest BCUT2D eigenvalue weighted by molar-refractivity contribution is 5.70. The van der Waals surface area contributed by atoms with Crippen molar-refractivity contribution in [2.45, 2.75) is 0 Å². The molecule has 15 heavy (non-hydrogen) atoms. The molecule has 1 aromatic heterocycles. The zero-order valence-corrected chi connectivity index (χ0v) is 7.86. The predicted molar refractivity (Wildman–Crippen MR) is 53.3 cm³/mol. The Labute approximate surface area is 84.7 Å². The zero-order chi connectivity index (χ0) is 10.8. The number of H-pyrrole nitrogens is 1. The third kappa shape index (κ3) is 1.72. The van der Waals surface area contributed by atoms with Gasteiger partial charge in [0.25, 0.3) is 5.56 Å². The van der Waals surface area contributed by atoms with Gasteiger partial charge < -0.3 is 25.8 Å². The Morgan fingerprint density at radius 2 is 2.47 bits per heavy atom. The molecular formula is C7H11N5O3. The van der Waals surface area contributed by atoms with Gasteiger partial charge in [-0.3, -0.25) is 9.78 Å². The van der Waals surface area contributed by atoms with Gasteiger partial charge >= 0.3 is 0 Å². The van der Waals surface area contributed by atoms with Crippen molar-refractivity contribution in [3.8, 4) is 0 Å². The van der Waals surface area contributed by atoms with E-state index in [-0.39, 0.29) is 25.0 Å². The molecule has 0 unspecified atom stereocenters. The molecule has 0 amide bonds. The minimum Gasteiger partial charge on any atom is -0.371 e. The van der Waals surface area contributed by atoms with Gasteiger partial charge in [-0.2, -0.15) is 4.98 Å². The summed E-state index contributed by atoms with van der Waals surface area (Å²) in [5.41, 5.74) is 5.46. The van der Waals surface area contributed by atoms with Crippen molar-refractivity contribution < 1.29 is 9.84 Å². The number of nitrogen functional groups attached to an aromatic ring is 1. The van der Waals surface area contributed by atoms with E-state index in [9.17, 15) is 4.79 Å². The third-order valence-corrected chi connectivity index (χ3v) is 2.00. The first kappa shape index (κ1) is 9.74. The number of ether oxygens (including phenoxy) is 1. The number of aliphatic hydroxyl groups excluding tert-OH is 1. The highest BCUT2D eigenvalue weighted by atomic mass is 16.6. The van der Waals surface area contributed by atoms with Crippen LogP contribution >= 0.6 is 0 Å². The number of nitrogens with two attached hydrogens (primary N) is 1. The summed E-state index contributed by atoms with van der Waals surface area (Å²) < 4.78 is 4.80. The smallest absolute Gasteiger partial charge is 0.277 e. The first-order valence-corrected chi connectivity index (χ1v) is 4.29. The van der Waals surface area contributed by atoms with Gasteiger partial charge in [-0.15, -0.1) is 0 Å². The molecule has 8 nitrogen and oxygen atoms in total. The fourth-order valence-corrected chi connectivity index (χ4v) is 1.37. The summed E-state index contributed by atoms with van der Waals surface area (Å²) in [5, 5.41) is 11.4. The number of aliphatic hydroxyl groups is 1. The van der Waals surface area contributed by atoms with Crippen molar-refractivity contribution in [1.82, 2.24) is 9.97 Å². The molecule has 1 aromatic rings. The van der Waals surface area contributed by atoms with Crippen LogP contribution in [0.25, 0.3) is 0 Å². The third-order valence-electron chi connectivity index (χ3n) is 2.00. The van der Waals surface area contributed by atoms with E-state index < -0.39 is 0 Å². The van der Waals surface area contributed by atoms with Crippen LogP contribution in [0.5, 0.6) is 0 Å². The lowest BCUT2D eigenvalue weighted by Crippen LogP contribution is -2.26. The Hall–Kier alpha value is -1.80. The van der Waals surface area contributed by atoms with Gasteiger partial charge in [-0.25, -0.2) is 0 Å². The average Bonchev–Trinajstić information content (AvgIpc) is 2.58. The van der Waals surface area contributed by atoms with Crippen LogP contribution in [-0.4, -0.2) is 35.3 Å². The number of hydrogen-bond acceptors (Lipinski definition) is 7. The second-order valence-electron chi connectivity index (χ2n) is 2.99. The summed E-state index contributed by atoms with van der Waals surface area (Å²) >= 11 is 0. The maximum Gasteiger partial charge on any atom is 0.277 e. The van der Waals surface area contributed by atoms with Gasteiger partial charge in [-0.05, 0) is 0 Å². The topological polar surface area (TPSA) is 116 Å². The van der Waals surface area contributed by atoms with Crippen LogP contribution < -0.4 is 21.5 Å². The lowest BCUT2D eigenvalue weighted by Gasteiger charge is -2.15. The van der Waals surface area contributed by atoms with E-state index >= 15 is 0 Å². The van der Waals surface area contributed by atoms with Gasteiger partial charge in [0.05, 0.1) is 6.67 Å². The zero-order valence-electron chi connectivity index (χ0n) is 7.86. The monoisotopic (exact) mass is 213 g/mol. The van der Waals surface area contributed by atoms with Crippen LogP contribution in [-0.2, 0) is 4.74 Å². The molecule has 0 saturated heterocycles. The summed E-state index contributed by atoms with van der Waals surface area (Å²) in [5.74, 6) is 0.487. The van der Waals surface area contributed by atoms with Gasteiger partial charge in [0.1, 0.15) is 19.2 Å². The maximum absolute atomic E-state index is 11.4. The molecule has 0 aromatic carbocycles. The Kier molecular flexibility index (Phi) is 2.44. The number of aromatic nitrogens is 2. The highest BCUT2D eigenvalue weighted by Gasteiger charge is 2.23. The minimum absolute atomic E-state index is 0.0523. The number of anilines is 3. The molecule has 0 spiro atoms. The fourth-order valence-electron chi connectivity index (χ4n) is 1.37. The number of fused-ring (bicyclic) bond motifs is 1. The largest absolute Gasteiger partial charge is 0.371 e. The SMILES string of the molecule is Nc1nc2c(c(=O)[nH]1)NCN2COCO. The molecule has 82 valence electrons. The Bertz CT molecular complexity index is 418. The molecule has 0 fully saturated rings. The summed E-state index contributed by atoms with van der Waals surface area (Å²) in [4.78, 5) is 19.4. The van der Waals surface area contributed by atoms with E-state index in [0.717, 1.165) is 0 Å². The van der Waals surface area contributed by atoms with Crippen LogP contribution in [0.3, 0.4) is 0 Å². The second kappa shape index (κ2) is 3.75. The Morgan fingerprint density at radius 1 is 1.67 bits per heavy atom. The van der Waals surface area contributed by atoms with Crippen molar-refractivity contribution in [2.24, 2.45) is 0 Å². The molecule has 0 saturated carbocycles. The van der Waals surface area contributed by atoms with Crippen molar-refractivity contribution in [2.75, 3.05) is 36.1 Å². The highest BCUT2D eigenvalue weighted by Crippen LogP contribution is 2.24. The van der Waals surface area contributed by atoms with Crippen LogP contribution in [0.1, 0.15) is 0 Å². The number of nitrogens with one attached hydrogen (secondary N) is 2. The fraction of sp³-hybridized carbons (Fsp3) is 0.429. The van der Waals surface area contributed by atoms with Crippen molar-refractivity contribution in [3.63, 3.8) is 0 Å². The average molecular weight is 213 g/mol. The number of hydrogen-bond donors (Lipinski definition) is 4. The van der Waals surface area contributed by atoms with Gasteiger partial charge in [0.15, 0.2) is 5.82 Å². The molecule has 0 aliphatic carbocycles. The number of aromatic amines is 1. The van der Waals surface area contributed by atoms with E-state index in [1.807, 2.05) is 0 Å². The standard InChI is InChI=1S/C7H11N5O3/c8-7-10-5-4(6(14)11-7)9-1-12(5)2-15-3-13/h9,13H,1-3H2,(H3,8,10,11,14). The van der Waals surface area contributed by atoms with Crippen molar-refractivity contribution >= 4 is 17.5 Å². The first-order chi connectivity index (χ1) is 7.22. The van der Waals surface area contributed by atoms with E-state index in [2.05, 4.69) is 15.3 Å². The summed E-state index contributed by atoms with van der Waals surface area (Å²) in [6.07, 6.45) is 0. The Balaban J connectivity index is 2.29. The normalized spacial score (nSPS) is 13.8. The van der Waals surface area contributed by atoms with E-state index in [0.29, 0.717) is 18.2 Å². The van der Waals surface area contributed by atoms with Crippen molar-refractivity contribution in [3.05, 3.63) is 10.4 Å². The molecule has 2 rings (SSSR count). The second-order valence-corrected chi connectivity index (χ2v) is 2.99. The quantitative estimate of drug-likeness (QED) is 0.450. The number of rotatable bonds is 3. The molecular weight excluding hydrogens is 202 g/mol. The molecule has 2 heterocycles. The van der Waals surface area contributed by atoms with Crippen LogP contribution in [0, 0.1) is 0 Å². The molecule has 5 N–H and O–H groups in total. The number of nitrogens with zero attached hydrogens (tertiary/aromatic N) is 2. The van der Waals surface area contributed by atoms with Crippen molar-refractivity contribution in [1.29, 1.82) is 0 Å². The lowest BCUT2D eigenvalue weighted by molar-refractivity contribution is -0.000254. The predicted octanol–water partition coefficient (Wildman–Crippen LogP) is -1.53. The molecule has 0 radical (unpaired) electrons. The Morgan fingerprint density at radius 3 is 3.20 bits per heavy atom. The van der Waals surface area contributed by atoms with E-state index in [4.69, 9.17) is 15.6 Å². The van der Waals surface area contributed by atoms with Crippen LogP contribution in [0.2, 0.25) is 0 Å². The first-order valence-electron chi connectivity index (χ1n) is 4.29. The summed E-state index contributed by atoms with van der Waals surface area (Å²) in [6.45, 7) is 0.158. The van der Waals surface area contributed by atoms with Crippen LogP contribution in [0.15, 0.2) is 4.79 Å². The van der Waals surface area contributed by atoms with Crippen LogP contribution in [0.4, 0.5) is 17.5 Å². The van der Waals surface area contributed by atoms with E-state index in [1.54, 1.807) is 4.90 Å². The molecule has 1 aliphatic rings. The lowest BCUT2D eigenvalue weighted by atomic mass is 10.5. The van der Waals surface area contributed by atoms with E-state index in [1.165, 1.54) is 0 Å². The molecule has 0 bridgehead atoms. The van der Waals surface area contributed by atoms with Gasteiger partial charge in [0, 0.05) is 0 Å². The van der Waals surface area contributed by atoms with Gasteiger partial charge in [-0.1, -0.05) is 0 Å². The molecule has 8 heteroatoms. The van der Waals surface area contributed by atoms with Gasteiger partial charge in [0.2, 0.25) is 5.95 Å². The minimum atomic E-state index is -0.384. The molecule has 1 aliphatic heterocycles.